The number of nitrogens with two attached hydrogens (primary N) is 1. The van der Waals surface area contributed by atoms with Gasteiger partial charge in [0, 0.05) is 22.4 Å². The molecule has 0 aromatic heterocycles. The standard InChI is InChI=1S/C20H24N2O4/c1-13(2)20(25)26-12-11-22-19(24)15-8-4-3-7-14(15)18(23)16-9-5-6-10-17(16)21/h5-10,13H,3-4,11-12,21H2,1-2H3,(H,22,24). The van der Waals surface area contributed by atoms with Crippen molar-refractivity contribution in [2.45, 2.75) is 26.7 Å². The summed E-state index contributed by atoms with van der Waals surface area (Å²) in [7, 11) is 0. The van der Waals surface area contributed by atoms with Crippen LogP contribution >= 0.6 is 0 Å². The van der Waals surface area contributed by atoms with Crippen LogP contribution < -0.4 is 11.1 Å². The molecule has 1 aromatic carbocycles. The Balaban J connectivity index is 2.01. The van der Waals surface area contributed by atoms with E-state index in [9.17, 15) is 14.4 Å². The summed E-state index contributed by atoms with van der Waals surface area (Å²) in [5, 5.41) is 2.69. The van der Waals surface area contributed by atoms with Crippen LogP contribution in [-0.2, 0) is 14.3 Å². The molecule has 1 aromatic rings. The van der Waals surface area contributed by atoms with Crippen LogP contribution in [0, 0.1) is 5.92 Å². The number of carbonyl (C=O) groups is 3. The summed E-state index contributed by atoms with van der Waals surface area (Å²) >= 11 is 0. The van der Waals surface area contributed by atoms with Gasteiger partial charge in [-0.15, -0.1) is 0 Å². The number of nitrogens with one attached hydrogen (secondary N) is 1. The zero-order valence-electron chi connectivity index (χ0n) is 15.1. The van der Waals surface area contributed by atoms with Gasteiger partial charge in [-0.3, -0.25) is 14.4 Å². The maximum Gasteiger partial charge on any atom is 0.308 e. The first kappa shape index (κ1) is 19.4. The number of Topliss-reactive ketones (excluding diaryl/α,β-unsaturated/α-hetero) is 1. The zero-order valence-corrected chi connectivity index (χ0v) is 15.1. The van der Waals surface area contributed by atoms with Crippen molar-refractivity contribution in [3.05, 3.63) is 53.1 Å². The lowest BCUT2D eigenvalue weighted by Crippen LogP contribution is -2.31. The lowest BCUT2D eigenvalue weighted by atomic mass is 9.90. The van der Waals surface area contributed by atoms with Gasteiger partial charge in [-0.25, -0.2) is 0 Å². The smallest absolute Gasteiger partial charge is 0.308 e. The number of carbonyl (C=O) groups excluding carboxylic acids is 3. The lowest BCUT2D eigenvalue weighted by Gasteiger charge is -2.16. The molecule has 0 spiro atoms. The van der Waals surface area contributed by atoms with Crippen LogP contribution in [0.5, 0.6) is 0 Å². The van der Waals surface area contributed by atoms with Gasteiger partial charge in [0.15, 0.2) is 5.78 Å². The van der Waals surface area contributed by atoms with Gasteiger partial charge < -0.3 is 15.8 Å². The molecule has 0 unspecified atom stereocenters. The molecule has 1 aliphatic rings. The first-order valence-electron chi connectivity index (χ1n) is 8.66. The average molecular weight is 356 g/mol. The largest absolute Gasteiger partial charge is 0.464 e. The van der Waals surface area contributed by atoms with Crippen molar-refractivity contribution in [3.8, 4) is 0 Å². The predicted octanol–water partition coefficient (Wildman–Crippen LogP) is 2.41. The summed E-state index contributed by atoms with van der Waals surface area (Å²) in [5.41, 5.74) is 7.33. The SMILES string of the molecule is CC(C)C(=O)OCCNC(=O)C1=CCCC=C1C(=O)c1ccccc1N. The van der Waals surface area contributed by atoms with Crippen LogP contribution in [0.15, 0.2) is 47.6 Å². The summed E-state index contributed by atoms with van der Waals surface area (Å²) in [6.45, 7) is 3.76. The monoisotopic (exact) mass is 356 g/mol. The Morgan fingerprint density at radius 3 is 2.42 bits per heavy atom. The van der Waals surface area contributed by atoms with Crippen molar-refractivity contribution in [1.82, 2.24) is 5.32 Å². The maximum atomic E-state index is 12.8. The van der Waals surface area contributed by atoms with E-state index in [4.69, 9.17) is 10.5 Å². The van der Waals surface area contributed by atoms with Crippen molar-refractivity contribution in [3.63, 3.8) is 0 Å². The van der Waals surface area contributed by atoms with E-state index in [0.29, 0.717) is 35.2 Å². The third-order valence-corrected chi connectivity index (χ3v) is 3.95. The average Bonchev–Trinajstić information content (AvgIpc) is 2.64. The Labute approximate surface area is 153 Å². The normalized spacial score (nSPS) is 13.7. The van der Waals surface area contributed by atoms with Gasteiger partial charge in [-0.1, -0.05) is 38.1 Å². The van der Waals surface area contributed by atoms with Gasteiger partial charge in [0.2, 0.25) is 0 Å². The molecular formula is C20H24N2O4. The lowest BCUT2D eigenvalue weighted by molar-refractivity contribution is -0.147. The first-order valence-corrected chi connectivity index (χ1v) is 8.66. The minimum Gasteiger partial charge on any atom is -0.464 e. The van der Waals surface area contributed by atoms with Crippen molar-refractivity contribution >= 4 is 23.3 Å². The number of benzene rings is 1. The van der Waals surface area contributed by atoms with E-state index in [1.165, 1.54) is 0 Å². The fourth-order valence-corrected chi connectivity index (χ4v) is 2.53. The Kier molecular flexibility index (Phi) is 6.72. The number of para-hydroxylation sites is 1. The molecule has 1 amide bonds. The molecule has 2 rings (SSSR count). The number of esters is 1. The summed E-state index contributed by atoms with van der Waals surface area (Å²) in [6, 6.07) is 6.79. The summed E-state index contributed by atoms with van der Waals surface area (Å²) < 4.78 is 5.03. The molecule has 138 valence electrons. The molecule has 0 saturated carbocycles. The van der Waals surface area contributed by atoms with E-state index in [2.05, 4.69) is 5.32 Å². The second kappa shape index (κ2) is 8.99. The molecule has 6 heteroatoms. The summed E-state index contributed by atoms with van der Waals surface area (Å²) in [4.78, 5) is 36.7. The number of amides is 1. The highest BCUT2D eigenvalue weighted by Gasteiger charge is 2.24. The molecular weight excluding hydrogens is 332 g/mol. The molecule has 1 aliphatic carbocycles. The van der Waals surface area contributed by atoms with Crippen molar-refractivity contribution in [2.24, 2.45) is 5.92 Å². The third-order valence-electron chi connectivity index (χ3n) is 3.95. The quantitative estimate of drug-likeness (QED) is 0.338. The predicted molar refractivity (Wildman–Crippen MR) is 99.4 cm³/mol. The van der Waals surface area contributed by atoms with Gasteiger partial charge in [-0.05, 0) is 25.0 Å². The van der Waals surface area contributed by atoms with E-state index in [-0.39, 0.29) is 36.7 Å². The second-order valence-corrected chi connectivity index (χ2v) is 6.31. The van der Waals surface area contributed by atoms with Crippen molar-refractivity contribution < 1.29 is 19.1 Å². The van der Waals surface area contributed by atoms with E-state index in [1.807, 2.05) is 0 Å². The number of nitrogen functional groups attached to an aromatic ring is 1. The van der Waals surface area contributed by atoms with E-state index >= 15 is 0 Å². The Morgan fingerprint density at radius 2 is 1.77 bits per heavy atom. The molecule has 0 heterocycles. The van der Waals surface area contributed by atoms with Crippen LogP contribution in [0.4, 0.5) is 5.69 Å². The van der Waals surface area contributed by atoms with Gasteiger partial charge in [0.25, 0.3) is 5.91 Å². The second-order valence-electron chi connectivity index (χ2n) is 6.31. The molecule has 0 aliphatic heterocycles. The minimum absolute atomic E-state index is 0.0919. The van der Waals surface area contributed by atoms with Gasteiger partial charge in [0.05, 0.1) is 12.5 Å². The number of allylic oxidation sites excluding steroid dienone is 2. The molecule has 0 radical (unpaired) electrons. The Bertz CT molecular complexity index is 763. The Morgan fingerprint density at radius 1 is 1.12 bits per heavy atom. The van der Waals surface area contributed by atoms with Crippen LogP contribution in [0.1, 0.15) is 37.0 Å². The van der Waals surface area contributed by atoms with Gasteiger partial charge in [-0.2, -0.15) is 0 Å². The van der Waals surface area contributed by atoms with Crippen molar-refractivity contribution in [2.75, 3.05) is 18.9 Å². The van der Waals surface area contributed by atoms with Crippen LogP contribution in [-0.4, -0.2) is 30.8 Å². The highest BCUT2D eigenvalue weighted by atomic mass is 16.5. The van der Waals surface area contributed by atoms with E-state index < -0.39 is 0 Å². The molecule has 0 atom stereocenters. The number of rotatable bonds is 7. The number of anilines is 1. The molecule has 0 saturated heterocycles. The van der Waals surface area contributed by atoms with Crippen molar-refractivity contribution in [1.29, 1.82) is 0 Å². The third kappa shape index (κ3) is 4.81. The van der Waals surface area contributed by atoms with Gasteiger partial charge >= 0.3 is 5.97 Å². The first-order chi connectivity index (χ1) is 12.4. The molecule has 0 bridgehead atoms. The molecule has 6 nitrogen and oxygen atoms in total. The number of ether oxygens (including phenoxy) is 1. The molecule has 3 N–H and O–H groups in total. The van der Waals surface area contributed by atoms with Gasteiger partial charge in [0.1, 0.15) is 6.61 Å². The van der Waals surface area contributed by atoms with Crippen LogP contribution in [0.2, 0.25) is 0 Å². The van der Waals surface area contributed by atoms with E-state index in [1.54, 1.807) is 50.3 Å². The molecule has 26 heavy (non-hydrogen) atoms. The number of hydrogen-bond acceptors (Lipinski definition) is 5. The number of ketones is 1. The topological polar surface area (TPSA) is 98.5 Å². The number of hydrogen-bond donors (Lipinski definition) is 2. The highest BCUT2D eigenvalue weighted by Crippen LogP contribution is 2.25. The van der Waals surface area contributed by atoms with E-state index in [0.717, 1.165) is 0 Å². The fourth-order valence-electron chi connectivity index (χ4n) is 2.53. The summed E-state index contributed by atoms with van der Waals surface area (Å²) in [5.74, 6) is -1.16. The maximum absolute atomic E-state index is 12.8. The summed E-state index contributed by atoms with van der Waals surface area (Å²) in [6.07, 6.45) is 4.90. The highest BCUT2D eigenvalue weighted by molar-refractivity contribution is 6.20. The van der Waals surface area contributed by atoms with Crippen LogP contribution in [0.25, 0.3) is 0 Å². The fraction of sp³-hybridized carbons (Fsp3) is 0.350. The minimum atomic E-state index is -0.362. The van der Waals surface area contributed by atoms with Crippen LogP contribution in [0.3, 0.4) is 0 Å². The zero-order chi connectivity index (χ0) is 19.1. The Hall–Kier alpha value is -2.89. The molecule has 0 fully saturated rings.